The zero-order valence-electron chi connectivity index (χ0n) is 11.6. The number of nitrogens with two attached hydrogens (primary N) is 1. The fourth-order valence-electron chi connectivity index (χ4n) is 2.68. The SMILES string of the molecule is CN(C)C(c1ccc2nc[nH]c2c1)C(C)(C)CN. The van der Waals surface area contributed by atoms with E-state index in [0.717, 1.165) is 11.0 Å². The number of aromatic amines is 1. The number of hydrogen-bond donors (Lipinski definition) is 2. The fraction of sp³-hybridized carbons (Fsp3) is 0.500. The van der Waals surface area contributed by atoms with Gasteiger partial charge in [0.15, 0.2) is 0 Å². The molecule has 0 bridgehead atoms. The highest BCUT2D eigenvalue weighted by atomic mass is 15.1. The van der Waals surface area contributed by atoms with Crippen LogP contribution in [0.4, 0.5) is 0 Å². The molecule has 18 heavy (non-hydrogen) atoms. The van der Waals surface area contributed by atoms with Crippen LogP contribution in [-0.4, -0.2) is 35.5 Å². The van der Waals surface area contributed by atoms with Crippen LogP contribution in [0.1, 0.15) is 25.5 Å². The van der Waals surface area contributed by atoms with Crippen molar-refractivity contribution >= 4 is 11.0 Å². The molecule has 1 heterocycles. The summed E-state index contributed by atoms with van der Waals surface area (Å²) in [6.07, 6.45) is 1.73. The van der Waals surface area contributed by atoms with Crippen LogP contribution in [0.25, 0.3) is 11.0 Å². The van der Waals surface area contributed by atoms with Gasteiger partial charge in [0.05, 0.1) is 17.4 Å². The topological polar surface area (TPSA) is 57.9 Å². The summed E-state index contributed by atoms with van der Waals surface area (Å²) in [5, 5.41) is 0. The van der Waals surface area contributed by atoms with Crippen LogP contribution in [0, 0.1) is 5.41 Å². The second kappa shape index (κ2) is 4.71. The number of benzene rings is 1. The molecule has 4 nitrogen and oxygen atoms in total. The Morgan fingerprint density at radius 3 is 2.72 bits per heavy atom. The van der Waals surface area contributed by atoms with E-state index in [9.17, 15) is 0 Å². The summed E-state index contributed by atoms with van der Waals surface area (Å²) in [5.74, 6) is 0. The van der Waals surface area contributed by atoms with E-state index in [1.165, 1.54) is 5.56 Å². The van der Waals surface area contributed by atoms with Gasteiger partial charge in [-0.05, 0) is 43.8 Å². The van der Waals surface area contributed by atoms with Crippen LogP contribution in [0.5, 0.6) is 0 Å². The van der Waals surface area contributed by atoms with Crippen molar-refractivity contribution in [3.05, 3.63) is 30.1 Å². The van der Waals surface area contributed by atoms with E-state index >= 15 is 0 Å². The van der Waals surface area contributed by atoms with Crippen molar-refractivity contribution < 1.29 is 0 Å². The van der Waals surface area contributed by atoms with Gasteiger partial charge >= 0.3 is 0 Å². The van der Waals surface area contributed by atoms with Gasteiger partial charge in [0, 0.05) is 6.04 Å². The first-order chi connectivity index (χ1) is 8.45. The number of nitrogens with one attached hydrogen (secondary N) is 1. The van der Waals surface area contributed by atoms with Crippen molar-refractivity contribution in [1.82, 2.24) is 14.9 Å². The minimum absolute atomic E-state index is 0.0250. The lowest BCUT2D eigenvalue weighted by Crippen LogP contribution is -2.38. The summed E-state index contributed by atoms with van der Waals surface area (Å²) in [4.78, 5) is 9.64. The lowest BCUT2D eigenvalue weighted by molar-refractivity contribution is 0.143. The zero-order valence-corrected chi connectivity index (χ0v) is 11.6. The summed E-state index contributed by atoms with van der Waals surface area (Å²) in [6, 6.07) is 6.66. The van der Waals surface area contributed by atoms with Gasteiger partial charge in [0.1, 0.15) is 0 Å². The average Bonchev–Trinajstić information content (AvgIpc) is 2.75. The van der Waals surface area contributed by atoms with Gasteiger partial charge in [-0.15, -0.1) is 0 Å². The second-order valence-electron chi connectivity index (χ2n) is 5.74. The molecular formula is C14H22N4. The molecule has 1 aromatic heterocycles. The predicted octanol–water partition coefficient (Wildman–Crippen LogP) is 2.15. The van der Waals surface area contributed by atoms with Gasteiger partial charge in [0.2, 0.25) is 0 Å². The van der Waals surface area contributed by atoms with Gasteiger partial charge in [-0.2, -0.15) is 0 Å². The summed E-state index contributed by atoms with van der Waals surface area (Å²) in [7, 11) is 4.19. The number of fused-ring (bicyclic) bond motifs is 1. The number of aromatic nitrogens is 2. The minimum atomic E-state index is 0.0250. The molecule has 98 valence electrons. The van der Waals surface area contributed by atoms with Crippen LogP contribution in [0.2, 0.25) is 0 Å². The maximum atomic E-state index is 5.93. The molecule has 0 aliphatic heterocycles. The molecule has 2 aromatic rings. The van der Waals surface area contributed by atoms with E-state index < -0.39 is 0 Å². The molecule has 0 aliphatic rings. The molecule has 0 saturated heterocycles. The van der Waals surface area contributed by atoms with Gasteiger partial charge in [-0.3, -0.25) is 0 Å². The third-order valence-corrected chi connectivity index (χ3v) is 3.54. The molecule has 0 amide bonds. The zero-order chi connectivity index (χ0) is 13.3. The Balaban J connectivity index is 2.47. The third kappa shape index (κ3) is 2.26. The first-order valence-corrected chi connectivity index (χ1v) is 6.25. The van der Waals surface area contributed by atoms with Crippen molar-refractivity contribution in [3.63, 3.8) is 0 Å². The first kappa shape index (κ1) is 13.1. The van der Waals surface area contributed by atoms with Crippen molar-refractivity contribution in [2.45, 2.75) is 19.9 Å². The Hall–Kier alpha value is -1.39. The average molecular weight is 246 g/mol. The number of rotatable bonds is 4. The standard InChI is InChI=1S/C14H22N4/c1-14(2,8-15)13(18(3)4)10-5-6-11-12(7-10)17-9-16-11/h5-7,9,13H,8,15H2,1-4H3,(H,16,17). The van der Waals surface area contributed by atoms with E-state index in [1.807, 2.05) is 0 Å². The highest BCUT2D eigenvalue weighted by Crippen LogP contribution is 2.36. The smallest absolute Gasteiger partial charge is 0.0931 e. The maximum Gasteiger partial charge on any atom is 0.0931 e. The Morgan fingerprint density at radius 1 is 1.39 bits per heavy atom. The van der Waals surface area contributed by atoms with E-state index in [-0.39, 0.29) is 11.5 Å². The number of nitrogens with zero attached hydrogens (tertiary/aromatic N) is 2. The minimum Gasteiger partial charge on any atom is -0.345 e. The molecule has 0 saturated carbocycles. The summed E-state index contributed by atoms with van der Waals surface area (Å²) in [5.41, 5.74) is 9.30. The number of imidazole rings is 1. The first-order valence-electron chi connectivity index (χ1n) is 6.25. The largest absolute Gasteiger partial charge is 0.345 e. The Morgan fingerprint density at radius 2 is 2.11 bits per heavy atom. The Kier molecular flexibility index (Phi) is 3.41. The molecule has 0 spiro atoms. The lowest BCUT2D eigenvalue weighted by Gasteiger charge is -2.38. The molecule has 4 heteroatoms. The predicted molar refractivity (Wildman–Crippen MR) is 75.4 cm³/mol. The van der Waals surface area contributed by atoms with E-state index in [4.69, 9.17) is 5.73 Å². The number of hydrogen-bond acceptors (Lipinski definition) is 3. The van der Waals surface area contributed by atoms with Crippen molar-refractivity contribution in [2.75, 3.05) is 20.6 Å². The van der Waals surface area contributed by atoms with Crippen molar-refractivity contribution in [3.8, 4) is 0 Å². The Bertz CT molecular complexity index is 527. The highest BCUT2D eigenvalue weighted by molar-refractivity contribution is 5.75. The van der Waals surface area contributed by atoms with E-state index in [1.54, 1.807) is 6.33 Å². The summed E-state index contributed by atoms with van der Waals surface area (Å²) in [6.45, 7) is 5.06. The molecule has 3 N–H and O–H groups in total. The van der Waals surface area contributed by atoms with Gasteiger partial charge in [-0.1, -0.05) is 19.9 Å². The molecule has 2 rings (SSSR count). The molecule has 1 aromatic carbocycles. The quantitative estimate of drug-likeness (QED) is 0.869. The van der Waals surface area contributed by atoms with Crippen molar-refractivity contribution in [1.29, 1.82) is 0 Å². The summed E-state index contributed by atoms with van der Waals surface area (Å²) >= 11 is 0. The van der Waals surface area contributed by atoms with Crippen LogP contribution >= 0.6 is 0 Å². The number of H-pyrrole nitrogens is 1. The molecule has 0 fully saturated rings. The monoisotopic (exact) mass is 246 g/mol. The molecular weight excluding hydrogens is 224 g/mol. The van der Waals surface area contributed by atoms with Crippen LogP contribution in [0.3, 0.4) is 0 Å². The maximum absolute atomic E-state index is 5.93. The Labute approximate surface area is 108 Å². The normalized spacial score (nSPS) is 14.3. The fourth-order valence-corrected chi connectivity index (χ4v) is 2.68. The van der Waals surface area contributed by atoms with Crippen LogP contribution < -0.4 is 5.73 Å². The molecule has 1 unspecified atom stereocenters. The third-order valence-electron chi connectivity index (χ3n) is 3.54. The molecule has 0 radical (unpaired) electrons. The van der Waals surface area contributed by atoms with Gasteiger partial charge < -0.3 is 15.6 Å². The van der Waals surface area contributed by atoms with Crippen molar-refractivity contribution in [2.24, 2.45) is 11.1 Å². The van der Waals surface area contributed by atoms with Crippen LogP contribution in [0.15, 0.2) is 24.5 Å². The highest BCUT2D eigenvalue weighted by Gasteiger charge is 2.31. The second-order valence-corrected chi connectivity index (χ2v) is 5.74. The van der Waals surface area contributed by atoms with Crippen LogP contribution in [-0.2, 0) is 0 Å². The van der Waals surface area contributed by atoms with E-state index in [0.29, 0.717) is 6.54 Å². The molecule has 0 aliphatic carbocycles. The van der Waals surface area contributed by atoms with E-state index in [2.05, 4.69) is 61.0 Å². The summed E-state index contributed by atoms with van der Waals surface area (Å²) < 4.78 is 0. The molecule has 1 atom stereocenters. The van der Waals surface area contributed by atoms with Gasteiger partial charge in [-0.25, -0.2) is 4.98 Å². The lowest BCUT2D eigenvalue weighted by atomic mass is 9.79. The van der Waals surface area contributed by atoms with Gasteiger partial charge in [0.25, 0.3) is 0 Å².